The number of nitrogens with zero attached hydrogens (tertiary/aromatic N) is 1. The van der Waals surface area contributed by atoms with E-state index in [0.29, 0.717) is 18.5 Å². The molecule has 21 heavy (non-hydrogen) atoms. The summed E-state index contributed by atoms with van der Waals surface area (Å²) in [6.45, 7) is 2.49. The average Bonchev–Trinajstić information content (AvgIpc) is 2.86. The molecule has 1 heterocycles. The monoisotopic (exact) mass is 297 g/mol. The smallest absolute Gasteiger partial charge is 0.313 e. The van der Waals surface area contributed by atoms with E-state index in [1.807, 2.05) is 0 Å². The zero-order chi connectivity index (χ0) is 15.6. The van der Waals surface area contributed by atoms with E-state index in [9.17, 15) is 18.4 Å². The lowest BCUT2D eigenvalue weighted by Crippen LogP contribution is -2.36. The summed E-state index contributed by atoms with van der Waals surface area (Å²) in [5.74, 6) is -2.47. The van der Waals surface area contributed by atoms with E-state index in [-0.39, 0.29) is 24.8 Å². The Balaban J connectivity index is 2.02. The van der Waals surface area contributed by atoms with E-state index in [4.69, 9.17) is 4.74 Å². The largest absolute Gasteiger partial charge is 0.469 e. The van der Waals surface area contributed by atoms with Crippen LogP contribution in [0.15, 0.2) is 18.2 Å². The minimum atomic E-state index is -0.971. The third-order valence-corrected chi connectivity index (χ3v) is 3.84. The van der Waals surface area contributed by atoms with Crippen LogP contribution in [0.2, 0.25) is 0 Å². The molecule has 2 rings (SSSR count). The fourth-order valence-corrected chi connectivity index (χ4v) is 2.52. The Hall–Kier alpha value is -1.98. The van der Waals surface area contributed by atoms with Crippen LogP contribution < -0.4 is 0 Å². The summed E-state index contributed by atoms with van der Waals surface area (Å²) in [5, 5.41) is 0. The Morgan fingerprint density at radius 3 is 2.67 bits per heavy atom. The van der Waals surface area contributed by atoms with Crippen molar-refractivity contribution in [3.8, 4) is 0 Å². The highest BCUT2D eigenvalue weighted by Crippen LogP contribution is 2.31. The SMILES string of the molecule is COC(=O)C1(C)CCN(C(=O)Cc2ccc(F)c(F)c2)C1. The van der Waals surface area contributed by atoms with Crippen molar-refractivity contribution in [3.05, 3.63) is 35.4 Å². The summed E-state index contributed by atoms with van der Waals surface area (Å²) in [5.41, 5.74) is -0.288. The molecule has 1 unspecified atom stereocenters. The molecule has 0 N–H and O–H groups in total. The second-order valence-corrected chi connectivity index (χ2v) is 5.54. The Kier molecular flexibility index (Phi) is 4.25. The molecule has 1 aromatic carbocycles. The first-order valence-electron chi connectivity index (χ1n) is 6.66. The van der Waals surface area contributed by atoms with Gasteiger partial charge in [0.25, 0.3) is 0 Å². The molecule has 1 aliphatic heterocycles. The van der Waals surface area contributed by atoms with E-state index in [1.165, 1.54) is 13.2 Å². The fraction of sp³-hybridized carbons (Fsp3) is 0.467. The zero-order valence-electron chi connectivity index (χ0n) is 12.0. The van der Waals surface area contributed by atoms with Crippen LogP contribution >= 0.6 is 0 Å². The van der Waals surface area contributed by atoms with Gasteiger partial charge < -0.3 is 9.64 Å². The molecule has 114 valence electrons. The van der Waals surface area contributed by atoms with E-state index < -0.39 is 17.0 Å². The highest BCUT2D eigenvalue weighted by atomic mass is 19.2. The number of esters is 1. The van der Waals surface area contributed by atoms with Gasteiger partial charge in [0, 0.05) is 13.1 Å². The van der Waals surface area contributed by atoms with Crippen molar-refractivity contribution in [2.75, 3.05) is 20.2 Å². The van der Waals surface area contributed by atoms with Gasteiger partial charge in [0.15, 0.2) is 11.6 Å². The lowest BCUT2D eigenvalue weighted by molar-refractivity contribution is -0.151. The number of halogens is 2. The summed E-state index contributed by atoms with van der Waals surface area (Å²) in [6.07, 6.45) is 0.512. The van der Waals surface area contributed by atoms with Crippen LogP contribution in [-0.2, 0) is 20.7 Å². The molecule has 1 amide bonds. The van der Waals surface area contributed by atoms with Gasteiger partial charge in [0.1, 0.15) is 0 Å². The maximum Gasteiger partial charge on any atom is 0.313 e. The van der Waals surface area contributed by atoms with Crippen molar-refractivity contribution in [1.29, 1.82) is 0 Å². The standard InChI is InChI=1S/C15H17F2NO3/c1-15(14(20)21-2)5-6-18(9-15)13(19)8-10-3-4-11(16)12(17)7-10/h3-4,7H,5-6,8-9H2,1-2H3. The summed E-state index contributed by atoms with van der Waals surface area (Å²) < 4.78 is 30.7. The molecular weight excluding hydrogens is 280 g/mol. The van der Waals surface area contributed by atoms with Crippen LogP contribution in [0.3, 0.4) is 0 Å². The van der Waals surface area contributed by atoms with Crippen LogP contribution in [0.5, 0.6) is 0 Å². The first kappa shape index (κ1) is 15.4. The Morgan fingerprint density at radius 1 is 1.33 bits per heavy atom. The number of benzene rings is 1. The zero-order valence-corrected chi connectivity index (χ0v) is 12.0. The molecular formula is C15H17F2NO3. The minimum Gasteiger partial charge on any atom is -0.469 e. The molecule has 0 aliphatic carbocycles. The van der Waals surface area contributed by atoms with Crippen LogP contribution in [-0.4, -0.2) is 37.0 Å². The van der Waals surface area contributed by atoms with Gasteiger partial charge in [-0.1, -0.05) is 6.07 Å². The van der Waals surface area contributed by atoms with Crippen LogP contribution in [0.4, 0.5) is 8.78 Å². The first-order chi connectivity index (χ1) is 9.85. The molecule has 1 saturated heterocycles. The van der Waals surface area contributed by atoms with Crippen LogP contribution in [0.25, 0.3) is 0 Å². The summed E-state index contributed by atoms with van der Waals surface area (Å²) in [7, 11) is 1.32. The lowest BCUT2D eigenvalue weighted by Gasteiger charge is -2.21. The van der Waals surface area contributed by atoms with Crippen molar-refractivity contribution >= 4 is 11.9 Å². The van der Waals surface area contributed by atoms with Gasteiger partial charge in [0.2, 0.25) is 5.91 Å². The maximum absolute atomic E-state index is 13.1. The van der Waals surface area contributed by atoms with Crippen molar-refractivity contribution < 1.29 is 23.1 Å². The quantitative estimate of drug-likeness (QED) is 0.801. The average molecular weight is 297 g/mol. The summed E-state index contributed by atoms with van der Waals surface area (Å²) in [6, 6.07) is 3.40. The lowest BCUT2D eigenvalue weighted by atomic mass is 9.90. The highest BCUT2D eigenvalue weighted by molar-refractivity contribution is 5.82. The van der Waals surface area contributed by atoms with Gasteiger partial charge in [-0.3, -0.25) is 9.59 Å². The number of ether oxygens (including phenoxy) is 1. The molecule has 0 bridgehead atoms. The molecule has 0 saturated carbocycles. The third-order valence-electron chi connectivity index (χ3n) is 3.84. The Morgan fingerprint density at radius 2 is 2.05 bits per heavy atom. The predicted molar refractivity (Wildman–Crippen MR) is 71.4 cm³/mol. The number of hydrogen-bond donors (Lipinski definition) is 0. The predicted octanol–water partition coefficient (Wildman–Crippen LogP) is 1.92. The number of carbonyl (C=O) groups excluding carboxylic acids is 2. The van der Waals surface area contributed by atoms with Gasteiger partial charge in [-0.2, -0.15) is 0 Å². The van der Waals surface area contributed by atoms with Gasteiger partial charge in [0.05, 0.1) is 18.9 Å². The van der Waals surface area contributed by atoms with Crippen molar-refractivity contribution in [2.45, 2.75) is 19.8 Å². The topological polar surface area (TPSA) is 46.6 Å². The normalized spacial score (nSPS) is 21.4. The number of carbonyl (C=O) groups is 2. The van der Waals surface area contributed by atoms with Gasteiger partial charge in [-0.05, 0) is 31.0 Å². The fourth-order valence-electron chi connectivity index (χ4n) is 2.52. The molecule has 1 aromatic rings. The molecule has 6 heteroatoms. The van der Waals surface area contributed by atoms with Crippen molar-refractivity contribution in [1.82, 2.24) is 4.90 Å². The van der Waals surface area contributed by atoms with E-state index >= 15 is 0 Å². The molecule has 4 nitrogen and oxygen atoms in total. The second kappa shape index (κ2) is 5.79. The van der Waals surface area contributed by atoms with Crippen LogP contribution in [0.1, 0.15) is 18.9 Å². The van der Waals surface area contributed by atoms with E-state index in [0.717, 1.165) is 12.1 Å². The van der Waals surface area contributed by atoms with Crippen molar-refractivity contribution in [3.63, 3.8) is 0 Å². The minimum absolute atomic E-state index is 0.0194. The molecule has 1 fully saturated rings. The molecule has 1 aliphatic rings. The number of likely N-dealkylation sites (tertiary alicyclic amines) is 1. The first-order valence-corrected chi connectivity index (χ1v) is 6.66. The van der Waals surface area contributed by atoms with Gasteiger partial charge in [-0.25, -0.2) is 8.78 Å². The summed E-state index contributed by atoms with van der Waals surface area (Å²) >= 11 is 0. The van der Waals surface area contributed by atoms with Crippen LogP contribution in [0, 0.1) is 17.0 Å². The maximum atomic E-state index is 13.1. The molecule has 1 atom stereocenters. The number of hydrogen-bond acceptors (Lipinski definition) is 3. The Labute approximate surface area is 121 Å². The van der Waals surface area contributed by atoms with Crippen molar-refractivity contribution in [2.24, 2.45) is 5.41 Å². The summed E-state index contributed by atoms with van der Waals surface area (Å²) in [4.78, 5) is 25.4. The number of rotatable bonds is 3. The molecule has 0 radical (unpaired) electrons. The van der Waals surface area contributed by atoms with E-state index in [2.05, 4.69) is 0 Å². The molecule has 0 aromatic heterocycles. The third kappa shape index (κ3) is 3.20. The van der Waals surface area contributed by atoms with Gasteiger partial charge in [-0.15, -0.1) is 0 Å². The second-order valence-electron chi connectivity index (χ2n) is 5.54. The number of methoxy groups -OCH3 is 1. The van der Waals surface area contributed by atoms with E-state index in [1.54, 1.807) is 11.8 Å². The van der Waals surface area contributed by atoms with Gasteiger partial charge >= 0.3 is 5.97 Å². The highest BCUT2D eigenvalue weighted by Gasteiger charge is 2.42. The Bertz CT molecular complexity index is 576. The number of amides is 1. The molecule has 0 spiro atoms.